The van der Waals surface area contributed by atoms with Crippen LogP contribution in [0.4, 0.5) is 0 Å². The van der Waals surface area contributed by atoms with E-state index in [2.05, 4.69) is 43.5 Å². The number of methoxy groups -OCH3 is 1. The third kappa shape index (κ3) is 8.39. The maximum absolute atomic E-state index is 14.4. The molecule has 3 aromatic carbocycles. The first-order valence-corrected chi connectivity index (χ1v) is 18.6. The van der Waals surface area contributed by atoms with Gasteiger partial charge in [-0.2, -0.15) is 0 Å². The molecular weight excluding hydrogens is 886 g/mol. The molecule has 5 rings (SSSR count). The summed E-state index contributed by atoms with van der Waals surface area (Å²) in [5.41, 5.74) is 2.26. The Balaban J connectivity index is 1.64. The number of benzene rings is 3. The molecule has 10 nitrogen and oxygen atoms in total. The molecular formula is C35H30BrCl2IN2O8S. The van der Waals surface area contributed by atoms with E-state index < -0.39 is 18.0 Å². The fourth-order valence-corrected chi connectivity index (χ4v) is 8.21. The van der Waals surface area contributed by atoms with Gasteiger partial charge in [-0.3, -0.25) is 9.36 Å². The molecule has 0 bridgehead atoms. The van der Waals surface area contributed by atoms with E-state index in [0.29, 0.717) is 60.1 Å². The topological polar surface area (TPSA) is 115 Å². The van der Waals surface area contributed by atoms with Crippen molar-refractivity contribution in [1.82, 2.24) is 4.57 Å². The van der Waals surface area contributed by atoms with Crippen LogP contribution in [-0.2, 0) is 25.7 Å². The lowest BCUT2D eigenvalue weighted by Crippen LogP contribution is -2.40. The summed E-state index contributed by atoms with van der Waals surface area (Å²) in [6.07, 6.45) is 1.75. The highest BCUT2D eigenvalue weighted by atomic mass is 127. The van der Waals surface area contributed by atoms with Gasteiger partial charge in [0.15, 0.2) is 22.9 Å². The van der Waals surface area contributed by atoms with Crippen molar-refractivity contribution in [3.63, 3.8) is 0 Å². The molecule has 1 aliphatic rings. The molecule has 0 unspecified atom stereocenters. The molecule has 0 amide bonds. The predicted octanol–water partition coefficient (Wildman–Crippen LogP) is 7.00. The van der Waals surface area contributed by atoms with Crippen LogP contribution in [0.2, 0.25) is 10.0 Å². The monoisotopic (exact) mass is 914 g/mol. The van der Waals surface area contributed by atoms with Gasteiger partial charge in [0, 0.05) is 10.0 Å². The number of carbonyl (C=O) groups is 2. The van der Waals surface area contributed by atoms with Gasteiger partial charge in [-0.25, -0.2) is 14.6 Å². The summed E-state index contributed by atoms with van der Waals surface area (Å²) in [6.45, 7) is 5.52. The Morgan fingerprint density at radius 1 is 1.02 bits per heavy atom. The van der Waals surface area contributed by atoms with Crippen molar-refractivity contribution in [3.05, 3.63) is 114 Å². The molecule has 4 aromatic rings. The van der Waals surface area contributed by atoms with Crippen molar-refractivity contribution in [2.45, 2.75) is 33.4 Å². The van der Waals surface area contributed by atoms with Crippen molar-refractivity contribution in [2.24, 2.45) is 4.99 Å². The Kier molecular flexibility index (Phi) is 12.7. The molecule has 50 heavy (non-hydrogen) atoms. The molecule has 1 aromatic heterocycles. The smallest absolute Gasteiger partial charge is 0.343 e. The summed E-state index contributed by atoms with van der Waals surface area (Å²) in [4.78, 5) is 44.6. The summed E-state index contributed by atoms with van der Waals surface area (Å²) >= 11 is 19.3. The zero-order chi connectivity index (χ0) is 36.1. The van der Waals surface area contributed by atoms with Gasteiger partial charge < -0.3 is 23.7 Å². The summed E-state index contributed by atoms with van der Waals surface area (Å²) in [6, 6.07) is 13.2. The van der Waals surface area contributed by atoms with E-state index in [1.807, 2.05) is 18.2 Å². The van der Waals surface area contributed by atoms with E-state index in [0.717, 1.165) is 13.6 Å². The van der Waals surface area contributed by atoms with Gasteiger partial charge in [0.1, 0.15) is 12.4 Å². The average Bonchev–Trinajstić information content (AvgIpc) is 3.38. The van der Waals surface area contributed by atoms with E-state index in [1.54, 1.807) is 57.2 Å². The molecule has 0 spiro atoms. The Labute approximate surface area is 323 Å². The van der Waals surface area contributed by atoms with E-state index in [-0.39, 0.29) is 31.0 Å². The van der Waals surface area contributed by atoms with Crippen LogP contribution < -0.4 is 29.1 Å². The number of aromatic nitrogens is 1. The maximum atomic E-state index is 14.4. The lowest BCUT2D eigenvalue weighted by molar-refractivity contribution is -0.143. The number of rotatable bonds is 12. The van der Waals surface area contributed by atoms with Gasteiger partial charge in [0.05, 0.1) is 55.8 Å². The molecule has 1 aliphatic heterocycles. The van der Waals surface area contributed by atoms with E-state index in [1.165, 1.54) is 23.0 Å². The quantitative estimate of drug-likeness (QED) is 0.110. The first-order chi connectivity index (χ1) is 23.9. The summed E-state index contributed by atoms with van der Waals surface area (Å²) in [5, 5.41) is 0.865. The van der Waals surface area contributed by atoms with Crippen LogP contribution in [0.1, 0.15) is 43.5 Å². The van der Waals surface area contributed by atoms with Gasteiger partial charge in [-0.1, -0.05) is 62.6 Å². The van der Waals surface area contributed by atoms with Crippen LogP contribution in [0.25, 0.3) is 6.08 Å². The molecule has 15 heteroatoms. The third-order valence-corrected chi connectivity index (χ3v) is 10.3. The number of fused-ring (bicyclic) bond motifs is 1. The Hall–Kier alpha value is -3.37. The Morgan fingerprint density at radius 2 is 1.80 bits per heavy atom. The number of hydrogen-bond acceptors (Lipinski definition) is 10. The lowest BCUT2D eigenvalue weighted by Gasteiger charge is -2.25. The van der Waals surface area contributed by atoms with Crippen molar-refractivity contribution in [2.75, 3.05) is 26.9 Å². The van der Waals surface area contributed by atoms with Crippen LogP contribution in [-0.4, -0.2) is 43.4 Å². The Morgan fingerprint density at radius 3 is 2.50 bits per heavy atom. The first kappa shape index (κ1) is 37.9. The second kappa shape index (κ2) is 16.8. The molecule has 0 radical (unpaired) electrons. The zero-order valence-corrected chi connectivity index (χ0v) is 33.3. The second-order valence-electron chi connectivity index (χ2n) is 10.6. The van der Waals surface area contributed by atoms with E-state index >= 15 is 0 Å². The summed E-state index contributed by atoms with van der Waals surface area (Å²) in [5.74, 6) is 0.0202. The van der Waals surface area contributed by atoms with Gasteiger partial charge in [-0.05, 0) is 97.0 Å². The minimum Gasteiger partial charge on any atom is -0.490 e. The standard InChI is InChI=1S/C35H30BrCl2IN2O8S/c1-5-46-27-13-20(8-10-26(27)48-17-29(42)45-4)31-30(34(44)47-6-2)18(3)40-35-41(31)33(43)28(50-35)14-21-12-22(36)15-25(39)32(21)49-16-19-7-9-23(37)24(38)11-19/h7-15,31H,5-6,16-17H2,1-4H3/b28-14+/t31-/m1/s1. The van der Waals surface area contributed by atoms with E-state index in [4.69, 9.17) is 46.9 Å². The molecule has 1 atom stereocenters. The minimum absolute atomic E-state index is 0.129. The van der Waals surface area contributed by atoms with Crippen molar-refractivity contribution in [3.8, 4) is 17.2 Å². The predicted molar refractivity (Wildman–Crippen MR) is 203 cm³/mol. The van der Waals surface area contributed by atoms with Crippen LogP contribution >= 0.6 is 73.1 Å². The maximum Gasteiger partial charge on any atom is 0.343 e. The number of allylic oxidation sites excluding steroid dienone is 1. The highest BCUT2D eigenvalue weighted by Crippen LogP contribution is 2.37. The molecule has 0 N–H and O–H groups in total. The molecule has 0 aliphatic carbocycles. The van der Waals surface area contributed by atoms with Crippen LogP contribution in [0, 0.1) is 3.57 Å². The van der Waals surface area contributed by atoms with Gasteiger partial charge in [-0.15, -0.1) is 0 Å². The van der Waals surface area contributed by atoms with Crippen molar-refractivity contribution >= 4 is 91.1 Å². The normalized spacial score (nSPS) is 14.2. The van der Waals surface area contributed by atoms with Gasteiger partial charge >= 0.3 is 11.9 Å². The minimum atomic E-state index is -0.908. The SMILES string of the molecule is CCOC(=O)C1=C(C)N=c2s/c(=C/c3cc(Br)cc(I)c3OCc3ccc(Cl)c(Cl)c3)c(=O)n2[C@@H]1c1ccc(OCC(=O)OC)c(OCC)c1. The molecule has 0 fully saturated rings. The summed E-state index contributed by atoms with van der Waals surface area (Å²) < 4.78 is 31.4. The molecule has 262 valence electrons. The highest BCUT2D eigenvalue weighted by Gasteiger charge is 2.34. The first-order valence-electron chi connectivity index (χ1n) is 15.2. The number of halogens is 4. The second-order valence-corrected chi connectivity index (χ2v) is 14.6. The average molecular weight is 916 g/mol. The number of ether oxygens (including phenoxy) is 5. The number of nitrogens with zero attached hydrogens (tertiary/aromatic N) is 2. The van der Waals surface area contributed by atoms with Crippen molar-refractivity contribution in [1.29, 1.82) is 0 Å². The van der Waals surface area contributed by atoms with Gasteiger partial charge in [0.2, 0.25) is 0 Å². The van der Waals surface area contributed by atoms with Crippen LogP contribution in [0.5, 0.6) is 17.2 Å². The number of esters is 2. The van der Waals surface area contributed by atoms with Gasteiger partial charge in [0.25, 0.3) is 5.56 Å². The van der Waals surface area contributed by atoms with Crippen LogP contribution in [0.3, 0.4) is 0 Å². The molecule has 0 saturated carbocycles. The molecule has 0 saturated heterocycles. The summed E-state index contributed by atoms with van der Waals surface area (Å²) in [7, 11) is 1.27. The van der Waals surface area contributed by atoms with Crippen molar-refractivity contribution < 1.29 is 33.3 Å². The lowest BCUT2D eigenvalue weighted by atomic mass is 9.95. The molecule has 2 heterocycles. The Bertz CT molecular complexity index is 2190. The highest BCUT2D eigenvalue weighted by molar-refractivity contribution is 14.1. The van der Waals surface area contributed by atoms with E-state index in [9.17, 15) is 14.4 Å². The fraction of sp³-hybridized carbons (Fsp3) is 0.257. The number of thiazole rings is 1. The fourth-order valence-electron chi connectivity index (χ4n) is 5.15. The third-order valence-electron chi connectivity index (χ3n) is 7.36. The number of hydrogen-bond donors (Lipinski definition) is 0. The number of carbonyl (C=O) groups excluding carboxylic acids is 2. The van der Waals surface area contributed by atoms with Crippen LogP contribution in [0.15, 0.2) is 74.1 Å². The zero-order valence-electron chi connectivity index (χ0n) is 27.2. The largest absolute Gasteiger partial charge is 0.490 e.